The number of benzene rings is 2. The Morgan fingerprint density at radius 2 is 1.67 bits per heavy atom. The molecule has 0 saturated heterocycles. The molecule has 4 nitrogen and oxygen atoms in total. The van der Waals surface area contributed by atoms with Crippen LogP contribution < -0.4 is 20.7 Å². The van der Waals surface area contributed by atoms with Crippen molar-refractivity contribution < 1.29 is 9.47 Å². The summed E-state index contributed by atoms with van der Waals surface area (Å²) in [6.07, 6.45) is 0. The van der Waals surface area contributed by atoms with E-state index in [1.165, 1.54) is 11.1 Å². The number of hydrogen-bond donors (Lipinski definition) is 2. The highest BCUT2D eigenvalue weighted by Crippen LogP contribution is 2.33. The molecule has 2 aromatic carbocycles. The molecule has 2 aromatic rings. The first-order valence-electron chi connectivity index (χ1n) is 6.86. The minimum absolute atomic E-state index is 0.0929. The van der Waals surface area contributed by atoms with Gasteiger partial charge < -0.3 is 9.47 Å². The van der Waals surface area contributed by atoms with Crippen molar-refractivity contribution >= 4 is 0 Å². The standard InChI is InChI=1S/C17H22N2O2/c1-11-5-6-12(2)14(9-11)17(19-18)13-7-8-15(20-3)16(10-13)21-4/h5-10,17,19H,18H2,1-4H3. The van der Waals surface area contributed by atoms with Crippen molar-refractivity contribution in [3.05, 3.63) is 58.7 Å². The van der Waals surface area contributed by atoms with E-state index in [4.69, 9.17) is 15.3 Å². The van der Waals surface area contributed by atoms with Crippen LogP contribution >= 0.6 is 0 Å². The van der Waals surface area contributed by atoms with Crippen LogP contribution in [0.25, 0.3) is 0 Å². The van der Waals surface area contributed by atoms with Gasteiger partial charge in [-0.1, -0.05) is 29.8 Å². The Balaban J connectivity index is 2.48. The number of ether oxygens (including phenoxy) is 2. The number of nitrogens with two attached hydrogens (primary N) is 1. The van der Waals surface area contributed by atoms with Gasteiger partial charge in [0.15, 0.2) is 11.5 Å². The molecule has 0 aliphatic rings. The Bertz CT molecular complexity index is 626. The van der Waals surface area contributed by atoms with Crippen LogP contribution in [0.3, 0.4) is 0 Å². The van der Waals surface area contributed by atoms with E-state index in [0.29, 0.717) is 11.5 Å². The first-order valence-corrected chi connectivity index (χ1v) is 6.86. The second kappa shape index (κ2) is 6.61. The van der Waals surface area contributed by atoms with Crippen LogP contribution in [0.1, 0.15) is 28.3 Å². The fraction of sp³-hybridized carbons (Fsp3) is 0.294. The molecule has 0 aliphatic carbocycles. The Morgan fingerprint density at radius 3 is 2.29 bits per heavy atom. The summed E-state index contributed by atoms with van der Waals surface area (Å²) in [6, 6.07) is 12.1. The highest BCUT2D eigenvalue weighted by Gasteiger charge is 2.17. The average molecular weight is 286 g/mol. The maximum atomic E-state index is 5.80. The zero-order valence-electron chi connectivity index (χ0n) is 12.9. The van der Waals surface area contributed by atoms with E-state index in [0.717, 1.165) is 11.1 Å². The summed E-state index contributed by atoms with van der Waals surface area (Å²) in [4.78, 5) is 0. The van der Waals surface area contributed by atoms with Crippen LogP contribution in [-0.4, -0.2) is 14.2 Å². The summed E-state index contributed by atoms with van der Waals surface area (Å²) >= 11 is 0. The molecule has 0 spiro atoms. The van der Waals surface area contributed by atoms with Crippen molar-refractivity contribution in [2.75, 3.05) is 14.2 Å². The fourth-order valence-corrected chi connectivity index (χ4v) is 2.47. The largest absolute Gasteiger partial charge is 0.493 e. The lowest BCUT2D eigenvalue weighted by molar-refractivity contribution is 0.354. The van der Waals surface area contributed by atoms with Crippen molar-refractivity contribution in [3.63, 3.8) is 0 Å². The molecule has 0 heterocycles. The summed E-state index contributed by atoms with van der Waals surface area (Å²) in [7, 11) is 3.26. The van der Waals surface area contributed by atoms with Crippen molar-refractivity contribution in [2.45, 2.75) is 19.9 Å². The predicted octanol–water partition coefficient (Wildman–Crippen LogP) is 2.87. The molecule has 3 N–H and O–H groups in total. The van der Waals surface area contributed by atoms with Gasteiger partial charge in [-0.05, 0) is 42.7 Å². The molecule has 4 heteroatoms. The zero-order chi connectivity index (χ0) is 15.4. The first-order chi connectivity index (χ1) is 10.1. The monoisotopic (exact) mass is 286 g/mol. The van der Waals surface area contributed by atoms with Gasteiger partial charge in [0.25, 0.3) is 0 Å². The van der Waals surface area contributed by atoms with Gasteiger partial charge >= 0.3 is 0 Å². The van der Waals surface area contributed by atoms with E-state index >= 15 is 0 Å². The van der Waals surface area contributed by atoms with Gasteiger partial charge in [0.1, 0.15) is 0 Å². The topological polar surface area (TPSA) is 56.5 Å². The third-order valence-corrected chi connectivity index (χ3v) is 3.65. The summed E-state index contributed by atoms with van der Waals surface area (Å²) in [5.74, 6) is 7.20. The number of hydrogen-bond acceptors (Lipinski definition) is 4. The normalized spacial score (nSPS) is 12.0. The highest BCUT2D eigenvalue weighted by molar-refractivity contribution is 5.47. The highest BCUT2D eigenvalue weighted by atomic mass is 16.5. The maximum absolute atomic E-state index is 5.80. The van der Waals surface area contributed by atoms with E-state index in [2.05, 4.69) is 37.5 Å². The van der Waals surface area contributed by atoms with Crippen LogP contribution in [0.4, 0.5) is 0 Å². The Hall–Kier alpha value is -2.04. The number of methoxy groups -OCH3 is 2. The SMILES string of the molecule is COc1ccc(C(NN)c2cc(C)ccc2C)cc1OC. The Morgan fingerprint density at radius 1 is 0.952 bits per heavy atom. The summed E-state index contributed by atoms with van der Waals surface area (Å²) in [5.41, 5.74) is 7.48. The molecule has 1 atom stereocenters. The molecule has 2 rings (SSSR count). The van der Waals surface area contributed by atoms with Crippen molar-refractivity contribution in [1.82, 2.24) is 5.43 Å². The average Bonchev–Trinajstić information content (AvgIpc) is 2.51. The number of rotatable bonds is 5. The summed E-state index contributed by atoms with van der Waals surface area (Å²) < 4.78 is 10.6. The van der Waals surface area contributed by atoms with Crippen LogP contribution in [0.15, 0.2) is 36.4 Å². The van der Waals surface area contributed by atoms with Crippen molar-refractivity contribution in [2.24, 2.45) is 5.84 Å². The second-order valence-electron chi connectivity index (χ2n) is 5.07. The van der Waals surface area contributed by atoms with Gasteiger partial charge in [-0.2, -0.15) is 0 Å². The van der Waals surface area contributed by atoms with E-state index in [1.54, 1.807) is 14.2 Å². The van der Waals surface area contributed by atoms with Gasteiger partial charge in [0.05, 0.1) is 20.3 Å². The van der Waals surface area contributed by atoms with Gasteiger partial charge in [-0.25, -0.2) is 5.43 Å². The Kier molecular flexibility index (Phi) is 4.83. The zero-order valence-corrected chi connectivity index (χ0v) is 12.9. The lowest BCUT2D eigenvalue weighted by Gasteiger charge is -2.21. The quantitative estimate of drug-likeness (QED) is 0.655. The van der Waals surface area contributed by atoms with Crippen molar-refractivity contribution in [1.29, 1.82) is 0 Å². The van der Waals surface area contributed by atoms with E-state index in [1.807, 2.05) is 18.2 Å². The van der Waals surface area contributed by atoms with E-state index in [9.17, 15) is 0 Å². The third-order valence-electron chi connectivity index (χ3n) is 3.65. The lowest BCUT2D eigenvalue weighted by atomic mass is 9.94. The van der Waals surface area contributed by atoms with Crippen LogP contribution in [0.2, 0.25) is 0 Å². The van der Waals surface area contributed by atoms with Gasteiger partial charge in [-0.15, -0.1) is 0 Å². The summed E-state index contributed by atoms with van der Waals surface area (Å²) in [5, 5.41) is 0. The first kappa shape index (κ1) is 15.4. The van der Waals surface area contributed by atoms with Crippen LogP contribution in [0, 0.1) is 13.8 Å². The predicted molar refractivity (Wildman–Crippen MR) is 84.6 cm³/mol. The molecule has 0 radical (unpaired) electrons. The maximum Gasteiger partial charge on any atom is 0.161 e. The van der Waals surface area contributed by atoms with Gasteiger partial charge in [-0.3, -0.25) is 5.84 Å². The van der Waals surface area contributed by atoms with Gasteiger partial charge in [0.2, 0.25) is 0 Å². The Labute approximate surface area is 125 Å². The minimum atomic E-state index is -0.0929. The number of aryl methyl sites for hydroxylation is 2. The molecular weight excluding hydrogens is 264 g/mol. The smallest absolute Gasteiger partial charge is 0.161 e. The van der Waals surface area contributed by atoms with Gasteiger partial charge in [0, 0.05) is 0 Å². The number of nitrogens with one attached hydrogen (secondary N) is 1. The van der Waals surface area contributed by atoms with Crippen molar-refractivity contribution in [3.8, 4) is 11.5 Å². The molecule has 0 amide bonds. The van der Waals surface area contributed by atoms with Crippen LogP contribution in [-0.2, 0) is 0 Å². The molecule has 21 heavy (non-hydrogen) atoms. The second-order valence-corrected chi connectivity index (χ2v) is 5.07. The molecule has 0 saturated carbocycles. The molecule has 0 fully saturated rings. The number of hydrazine groups is 1. The fourth-order valence-electron chi connectivity index (χ4n) is 2.47. The minimum Gasteiger partial charge on any atom is -0.493 e. The summed E-state index contributed by atoms with van der Waals surface area (Å²) in [6.45, 7) is 4.16. The van der Waals surface area contributed by atoms with E-state index < -0.39 is 0 Å². The molecule has 0 aliphatic heterocycles. The molecular formula is C17H22N2O2. The molecule has 0 aromatic heterocycles. The molecule has 112 valence electrons. The van der Waals surface area contributed by atoms with E-state index in [-0.39, 0.29) is 6.04 Å². The van der Waals surface area contributed by atoms with Crippen LogP contribution in [0.5, 0.6) is 11.5 Å². The third kappa shape index (κ3) is 3.17. The molecule has 0 bridgehead atoms. The molecule has 1 unspecified atom stereocenters. The lowest BCUT2D eigenvalue weighted by Crippen LogP contribution is -2.29.